The van der Waals surface area contributed by atoms with Crippen LogP contribution in [0, 0.1) is 12.3 Å². The molecule has 0 bridgehead atoms. The van der Waals surface area contributed by atoms with E-state index in [1.807, 2.05) is 0 Å². The molecule has 6 N–H and O–H groups in total. The number of anilines is 1. The van der Waals surface area contributed by atoms with Crippen LogP contribution in [0.3, 0.4) is 0 Å². The largest absolute Gasteiger partial charge is 0.462 e. The van der Waals surface area contributed by atoms with Crippen LogP contribution >= 0.6 is 7.60 Å². The van der Waals surface area contributed by atoms with Gasteiger partial charge in [-0.2, -0.15) is 0 Å². The van der Waals surface area contributed by atoms with E-state index in [4.69, 9.17) is 25.7 Å². The summed E-state index contributed by atoms with van der Waals surface area (Å²) in [7, 11) is -7.96. The summed E-state index contributed by atoms with van der Waals surface area (Å²) in [5, 5.41) is 30.0. The quantitative estimate of drug-likeness (QED) is 0.200. The van der Waals surface area contributed by atoms with Crippen molar-refractivity contribution in [2.45, 2.75) is 43.5 Å². The van der Waals surface area contributed by atoms with Crippen LogP contribution < -0.4 is 9.46 Å². The van der Waals surface area contributed by atoms with Gasteiger partial charge in [-0.1, -0.05) is 0 Å². The monoisotopic (exact) mass is 465 g/mol. The molecule has 5 atom stereocenters. The summed E-state index contributed by atoms with van der Waals surface area (Å²) in [5.41, 5.74) is 0.250. The molecule has 1 aromatic carbocycles. The number of benzene rings is 1. The van der Waals surface area contributed by atoms with Crippen LogP contribution in [-0.4, -0.2) is 76.1 Å². The minimum Gasteiger partial charge on any atom is -0.462 e. The Kier molecular flexibility index (Phi) is 8.27. The highest BCUT2D eigenvalue weighted by molar-refractivity contribution is 7.92. The van der Waals surface area contributed by atoms with Crippen LogP contribution in [0.1, 0.15) is 12.8 Å². The van der Waals surface area contributed by atoms with Gasteiger partial charge >= 0.3 is 7.60 Å². The topological polar surface area (TPSA) is 183 Å². The Hall–Kier alpha value is -1.68. The van der Waals surface area contributed by atoms with Gasteiger partial charge in [-0.05, 0) is 30.7 Å². The number of hydrogen-bond acceptors (Lipinski definition) is 8. The van der Waals surface area contributed by atoms with E-state index in [1.165, 1.54) is 24.3 Å². The maximum Gasteiger partial charge on any atom is 0.325 e. The lowest BCUT2D eigenvalue weighted by Crippen LogP contribution is -2.59. The molecule has 0 spiro atoms. The number of hydrogen-bond donors (Lipinski definition) is 6. The van der Waals surface area contributed by atoms with Crippen molar-refractivity contribution in [3.05, 3.63) is 24.3 Å². The maximum absolute atomic E-state index is 11.8. The molecule has 0 aromatic heterocycles. The standard InChI is InChI=1S/C17H24NO10PS/c1-2-3-10-30(25,26)18-11-4-6-12(7-5-11)27-17-16(21)15(20)14(19)13(28-17)8-9-29(22,23)24/h1,4-7,13-21H,3,8-10H2,(H2,22,23,24)/t13-,14-,15+,16+,17+/m1/s1. The maximum atomic E-state index is 11.8. The first-order chi connectivity index (χ1) is 13.9. The van der Waals surface area contributed by atoms with Crippen molar-refractivity contribution in [3.63, 3.8) is 0 Å². The summed E-state index contributed by atoms with van der Waals surface area (Å²) in [6.07, 6.45) is -3.20. The normalized spacial score (nSPS) is 27.3. The zero-order chi connectivity index (χ0) is 22.5. The predicted octanol–water partition coefficient (Wildman–Crippen LogP) is -0.794. The molecule has 1 aliphatic heterocycles. The van der Waals surface area contributed by atoms with Gasteiger partial charge in [-0.25, -0.2) is 8.42 Å². The van der Waals surface area contributed by atoms with Crippen molar-refractivity contribution >= 4 is 23.3 Å². The zero-order valence-electron chi connectivity index (χ0n) is 15.7. The van der Waals surface area contributed by atoms with Gasteiger partial charge in [0.1, 0.15) is 24.1 Å². The van der Waals surface area contributed by atoms with Crippen LogP contribution in [0.2, 0.25) is 0 Å². The molecule has 30 heavy (non-hydrogen) atoms. The van der Waals surface area contributed by atoms with Crippen LogP contribution in [0.25, 0.3) is 0 Å². The number of aliphatic hydroxyl groups excluding tert-OH is 3. The number of nitrogens with one attached hydrogen (secondary N) is 1. The first-order valence-corrected chi connectivity index (χ1v) is 12.3. The van der Waals surface area contributed by atoms with Crippen molar-refractivity contribution in [2.24, 2.45) is 0 Å². The highest BCUT2D eigenvalue weighted by Gasteiger charge is 2.45. The lowest BCUT2D eigenvalue weighted by molar-refractivity contribution is -0.272. The summed E-state index contributed by atoms with van der Waals surface area (Å²) in [4.78, 5) is 18.0. The zero-order valence-corrected chi connectivity index (χ0v) is 17.4. The highest BCUT2D eigenvalue weighted by Crippen LogP contribution is 2.37. The molecule has 2 rings (SSSR count). The second-order valence-electron chi connectivity index (χ2n) is 6.71. The average Bonchev–Trinajstić information content (AvgIpc) is 2.66. The van der Waals surface area contributed by atoms with E-state index in [-0.39, 0.29) is 30.0 Å². The van der Waals surface area contributed by atoms with E-state index >= 15 is 0 Å². The third-order valence-corrected chi connectivity index (χ3v) is 6.40. The molecule has 13 heteroatoms. The van der Waals surface area contributed by atoms with Gasteiger partial charge in [0.2, 0.25) is 16.3 Å². The second-order valence-corrected chi connectivity index (χ2v) is 10.3. The molecule has 1 aliphatic rings. The number of aliphatic hydroxyl groups is 3. The predicted molar refractivity (Wildman–Crippen MR) is 106 cm³/mol. The number of ether oxygens (including phenoxy) is 2. The minimum absolute atomic E-state index is 0.0603. The van der Waals surface area contributed by atoms with Crippen molar-refractivity contribution in [3.8, 4) is 18.1 Å². The molecule has 1 fully saturated rings. The van der Waals surface area contributed by atoms with Crippen molar-refractivity contribution in [1.82, 2.24) is 0 Å². The van der Waals surface area contributed by atoms with E-state index in [1.54, 1.807) is 0 Å². The Balaban J connectivity index is 2.03. The number of rotatable bonds is 9. The minimum atomic E-state index is -4.35. The Morgan fingerprint density at radius 3 is 2.33 bits per heavy atom. The molecule has 0 amide bonds. The van der Waals surface area contributed by atoms with Gasteiger partial charge in [0.25, 0.3) is 0 Å². The molecule has 1 aromatic rings. The number of terminal acetylenes is 1. The SMILES string of the molecule is C#CCCS(=O)(=O)Nc1ccc(O[C@H]2O[C@H](CCP(=O)(O)O)[C@@H](O)[C@H](O)[C@@H]2O)cc1. The fourth-order valence-corrected chi connectivity index (χ4v) is 4.28. The fourth-order valence-electron chi connectivity index (χ4n) is 2.71. The summed E-state index contributed by atoms with van der Waals surface area (Å²) in [5.74, 6) is 2.16. The summed E-state index contributed by atoms with van der Waals surface area (Å²) in [6.45, 7) is 0. The summed E-state index contributed by atoms with van der Waals surface area (Å²) < 4.78 is 47.9. The van der Waals surface area contributed by atoms with E-state index in [9.17, 15) is 28.3 Å². The lowest BCUT2D eigenvalue weighted by Gasteiger charge is -2.40. The third kappa shape index (κ3) is 7.23. The molecule has 0 aliphatic carbocycles. The molecule has 1 heterocycles. The van der Waals surface area contributed by atoms with Crippen molar-refractivity contribution in [2.75, 3.05) is 16.6 Å². The van der Waals surface area contributed by atoms with E-state index in [0.29, 0.717) is 0 Å². The van der Waals surface area contributed by atoms with Crippen LogP contribution in [0.4, 0.5) is 5.69 Å². The van der Waals surface area contributed by atoms with E-state index in [0.717, 1.165) is 0 Å². The van der Waals surface area contributed by atoms with Gasteiger partial charge in [0, 0.05) is 12.1 Å². The molecule has 0 radical (unpaired) electrons. The molecular weight excluding hydrogens is 441 g/mol. The third-order valence-electron chi connectivity index (χ3n) is 4.27. The smallest absolute Gasteiger partial charge is 0.325 e. The van der Waals surface area contributed by atoms with Gasteiger partial charge in [0.05, 0.1) is 18.0 Å². The molecule has 168 valence electrons. The lowest BCUT2D eigenvalue weighted by atomic mass is 9.97. The van der Waals surface area contributed by atoms with E-state index in [2.05, 4.69) is 10.6 Å². The van der Waals surface area contributed by atoms with E-state index < -0.39 is 54.5 Å². The molecule has 1 saturated heterocycles. The van der Waals surface area contributed by atoms with Crippen molar-refractivity contribution in [1.29, 1.82) is 0 Å². The average molecular weight is 465 g/mol. The van der Waals surface area contributed by atoms with Gasteiger partial charge in [0.15, 0.2) is 0 Å². The van der Waals surface area contributed by atoms with Crippen LogP contribution in [0.5, 0.6) is 5.75 Å². The molecular formula is C17H24NO10PS. The molecule has 0 saturated carbocycles. The highest BCUT2D eigenvalue weighted by atomic mass is 32.2. The first kappa shape index (κ1) is 24.6. The van der Waals surface area contributed by atoms with Crippen molar-refractivity contribution < 1.29 is 47.6 Å². The van der Waals surface area contributed by atoms with Crippen LogP contribution in [-0.2, 0) is 19.3 Å². The van der Waals surface area contributed by atoms with Gasteiger partial charge in [-0.3, -0.25) is 9.29 Å². The molecule has 11 nitrogen and oxygen atoms in total. The Morgan fingerprint density at radius 2 is 1.77 bits per heavy atom. The molecule has 0 unspecified atom stereocenters. The first-order valence-electron chi connectivity index (χ1n) is 8.87. The summed E-state index contributed by atoms with van der Waals surface area (Å²) in [6, 6.07) is 5.57. The Bertz CT molecular complexity index is 894. The van der Waals surface area contributed by atoms with Gasteiger partial charge < -0.3 is 34.6 Å². The summed E-state index contributed by atoms with van der Waals surface area (Å²) >= 11 is 0. The Morgan fingerprint density at radius 1 is 1.13 bits per heavy atom. The van der Waals surface area contributed by atoms with Gasteiger partial charge in [-0.15, -0.1) is 12.3 Å². The fraction of sp³-hybridized carbons (Fsp3) is 0.529. The Labute approximate surface area is 173 Å². The van der Waals surface area contributed by atoms with Crippen LogP contribution in [0.15, 0.2) is 24.3 Å². The number of sulfonamides is 1. The second kappa shape index (κ2) is 10.1.